The van der Waals surface area contributed by atoms with Gasteiger partial charge in [-0.25, -0.2) is 0 Å². The topological polar surface area (TPSA) is 107 Å². The number of pyridine rings is 1. The number of aromatic nitrogens is 3. The molecule has 0 fully saturated rings. The highest BCUT2D eigenvalue weighted by Crippen LogP contribution is 2.20. The van der Waals surface area contributed by atoms with E-state index in [2.05, 4.69) is 15.1 Å². The van der Waals surface area contributed by atoms with E-state index >= 15 is 0 Å². The Labute approximate surface area is 116 Å². The number of aromatic amines is 1. The maximum Gasteiger partial charge on any atom is 0.258 e. The number of hydrogen-bond acceptors (Lipinski definition) is 6. The molecule has 2 aromatic rings. The van der Waals surface area contributed by atoms with Crippen LogP contribution in [0.2, 0.25) is 0 Å². The van der Waals surface area contributed by atoms with Gasteiger partial charge in [-0.2, -0.15) is 4.98 Å². The minimum absolute atomic E-state index is 0.0666. The lowest BCUT2D eigenvalue weighted by Crippen LogP contribution is -2.40. The predicted octanol–water partition coefficient (Wildman–Crippen LogP) is 1.02. The van der Waals surface area contributed by atoms with E-state index in [0.717, 1.165) is 0 Å². The second kappa shape index (κ2) is 5.56. The molecular formula is C13H18N4O3. The molecule has 7 nitrogen and oxygen atoms in total. The van der Waals surface area contributed by atoms with Gasteiger partial charge >= 0.3 is 0 Å². The SMILES string of the molecule is CC(C)OCC(C)(N)c1noc(-c2cc[nH]c(=O)c2)n1. The maximum absolute atomic E-state index is 11.3. The fourth-order valence-electron chi connectivity index (χ4n) is 1.55. The second-order valence-electron chi connectivity index (χ2n) is 5.14. The molecule has 0 bridgehead atoms. The molecule has 0 aliphatic rings. The highest BCUT2D eigenvalue weighted by atomic mass is 16.5. The molecule has 0 aliphatic carbocycles. The van der Waals surface area contributed by atoms with Crippen molar-refractivity contribution in [2.75, 3.05) is 6.61 Å². The normalized spacial score (nSPS) is 14.4. The van der Waals surface area contributed by atoms with Crippen molar-refractivity contribution in [1.29, 1.82) is 0 Å². The van der Waals surface area contributed by atoms with E-state index in [4.69, 9.17) is 15.0 Å². The van der Waals surface area contributed by atoms with Crippen molar-refractivity contribution in [1.82, 2.24) is 15.1 Å². The minimum atomic E-state index is -0.854. The Kier molecular flexibility index (Phi) is 4.01. The van der Waals surface area contributed by atoms with Crippen LogP contribution in [0.1, 0.15) is 26.6 Å². The quantitative estimate of drug-likeness (QED) is 0.845. The molecule has 108 valence electrons. The number of hydrogen-bond donors (Lipinski definition) is 2. The van der Waals surface area contributed by atoms with Gasteiger partial charge in [0.15, 0.2) is 5.82 Å². The summed E-state index contributed by atoms with van der Waals surface area (Å²) in [6.45, 7) is 5.89. The number of rotatable bonds is 5. The van der Waals surface area contributed by atoms with Gasteiger partial charge < -0.3 is 20.0 Å². The van der Waals surface area contributed by atoms with Crippen LogP contribution in [0.5, 0.6) is 0 Å². The van der Waals surface area contributed by atoms with Gasteiger partial charge in [0, 0.05) is 17.8 Å². The number of H-pyrrole nitrogens is 1. The molecule has 0 spiro atoms. The predicted molar refractivity (Wildman–Crippen MR) is 73.0 cm³/mol. The zero-order valence-electron chi connectivity index (χ0n) is 11.7. The van der Waals surface area contributed by atoms with Crippen molar-refractivity contribution in [2.45, 2.75) is 32.4 Å². The van der Waals surface area contributed by atoms with Crippen LogP contribution in [0.25, 0.3) is 11.5 Å². The number of nitrogens with two attached hydrogens (primary N) is 1. The van der Waals surface area contributed by atoms with Crippen molar-refractivity contribution >= 4 is 0 Å². The summed E-state index contributed by atoms with van der Waals surface area (Å²) in [5, 5.41) is 3.87. The van der Waals surface area contributed by atoms with E-state index in [-0.39, 0.29) is 24.2 Å². The Morgan fingerprint density at radius 2 is 2.30 bits per heavy atom. The second-order valence-corrected chi connectivity index (χ2v) is 5.14. The van der Waals surface area contributed by atoms with Gasteiger partial charge in [0.1, 0.15) is 5.54 Å². The summed E-state index contributed by atoms with van der Waals surface area (Å²) in [6, 6.07) is 3.06. The molecule has 20 heavy (non-hydrogen) atoms. The summed E-state index contributed by atoms with van der Waals surface area (Å²) in [4.78, 5) is 18.0. The third kappa shape index (κ3) is 3.31. The third-order valence-corrected chi connectivity index (χ3v) is 2.68. The van der Waals surface area contributed by atoms with Crippen LogP contribution in [0.3, 0.4) is 0 Å². The Morgan fingerprint density at radius 3 is 2.95 bits per heavy atom. The molecule has 2 heterocycles. The summed E-state index contributed by atoms with van der Waals surface area (Å²) in [7, 11) is 0. The van der Waals surface area contributed by atoms with Gasteiger partial charge in [-0.3, -0.25) is 4.79 Å². The molecule has 0 aromatic carbocycles. The van der Waals surface area contributed by atoms with Crippen molar-refractivity contribution < 1.29 is 9.26 Å². The zero-order chi connectivity index (χ0) is 14.8. The summed E-state index contributed by atoms with van der Waals surface area (Å²) in [5.74, 6) is 0.598. The summed E-state index contributed by atoms with van der Waals surface area (Å²) in [6.07, 6.45) is 1.59. The van der Waals surface area contributed by atoms with E-state index in [1.807, 2.05) is 13.8 Å². The summed E-state index contributed by atoms with van der Waals surface area (Å²) < 4.78 is 10.6. The van der Waals surface area contributed by atoms with Crippen molar-refractivity contribution in [3.8, 4) is 11.5 Å². The van der Waals surface area contributed by atoms with Gasteiger partial charge in [0.25, 0.3) is 5.89 Å². The fraction of sp³-hybridized carbons (Fsp3) is 0.462. The fourth-order valence-corrected chi connectivity index (χ4v) is 1.55. The molecule has 1 unspecified atom stereocenters. The summed E-state index contributed by atoms with van der Waals surface area (Å²) in [5.41, 5.74) is 5.59. The molecule has 3 N–H and O–H groups in total. The van der Waals surface area contributed by atoms with Crippen molar-refractivity contribution in [2.24, 2.45) is 5.73 Å². The van der Waals surface area contributed by atoms with Crippen LogP contribution in [0.4, 0.5) is 0 Å². The molecule has 0 saturated carbocycles. The highest BCUT2D eigenvalue weighted by molar-refractivity contribution is 5.51. The minimum Gasteiger partial charge on any atom is -0.376 e. The lowest BCUT2D eigenvalue weighted by Gasteiger charge is -2.21. The van der Waals surface area contributed by atoms with Crippen LogP contribution in [-0.4, -0.2) is 27.8 Å². The molecule has 0 amide bonds. The van der Waals surface area contributed by atoms with Crippen LogP contribution in [-0.2, 0) is 10.3 Å². The molecule has 2 rings (SSSR count). The Morgan fingerprint density at radius 1 is 1.55 bits per heavy atom. The lowest BCUT2D eigenvalue weighted by molar-refractivity contribution is 0.0410. The van der Waals surface area contributed by atoms with Crippen LogP contribution >= 0.6 is 0 Å². The van der Waals surface area contributed by atoms with Crippen LogP contribution < -0.4 is 11.3 Å². The van der Waals surface area contributed by atoms with E-state index in [1.165, 1.54) is 12.3 Å². The molecular weight excluding hydrogens is 260 g/mol. The smallest absolute Gasteiger partial charge is 0.258 e. The Balaban J connectivity index is 2.22. The molecule has 0 aliphatic heterocycles. The molecule has 2 aromatic heterocycles. The highest BCUT2D eigenvalue weighted by Gasteiger charge is 2.28. The molecule has 1 atom stereocenters. The van der Waals surface area contributed by atoms with Gasteiger partial charge in [0.05, 0.1) is 12.7 Å². The van der Waals surface area contributed by atoms with Gasteiger partial charge in [0.2, 0.25) is 5.56 Å². The molecule has 0 radical (unpaired) electrons. The van der Waals surface area contributed by atoms with Gasteiger partial charge in [-0.15, -0.1) is 0 Å². The monoisotopic (exact) mass is 278 g/mol. The van der Waals surface area contributed by atoms with E-state index in [1.54, 1.807) is 13.0 Å². The number of ether oxygens (including phenoxy) is 1. The van der Waals surface area contributed by atoms with Crippen molar-refractivity contribution in [3.05, 3.63) is 34.5 Å². The van der Waals surface area contributed by atoms with E-state index in [9.17, 15) is 4.79 Å². The van der Waals surface area contributed by atoms with Crippen LogP contribution in [0, 0.1) is 0 Å². The van der Waals surface area contributed by atoms with E-state index < -0.39 is 5.54 Å². The molecule has 7 heteroatoms. The van der Waals surface area contributed by atoms with Crippen molar-refractivity contribution in [3.63, 3.8) is 0 Å². The first-order valence-corrected chi connectivity index (χ1v) is 6.32. The standard InChI is InChI=1S/C13H18N4O3/c1-8(2)19-7-13(3,14)12-16-11(20-17-12)9-4-5-15-10(18)6-9/h4-6,8H,7,14H2,1-3H3,(H,15,18). The average molecular weight is 278 g/mol. The average Bonchev–Trinajstić information content (AvgIpc) is 2.87. The Hall–Kier alpha value is -1.99. The first-order chi connectivity index (χ1) is 9.38. The number of nitrogens with one attached hydrogen (secondary N) is 1. The third-order valence-electron chi connectivity index (χ3n) is 2.68. The van der Waals surface area contributed by atoms with E-state index in [0.29, 0.717) is 11.4 Å². The first-order valence-electron chi connectivity index (χ1n) is 6.32. The van der Waals surface area contributed by atoms with Crippen LogP contribution in [0.15, 0.2) is 27.6 Å². The maximum atomic E-state index is 11.3. The number of nitrogens with zero attached hydrogens (tertiary/aromatic N) is 2. The first kappa shape index (κ1) is 14.4. The van der Waals surface area contributed by atoms with Gasteiger partial charge in [-0.1, -0.05) is 5.16 Å². The Bertz CT molecular complexity index is 630. The lowest BCUT2D eigenvalue weighted by atomic mass is 10.1. The summed E-state index contributed by atoms with van der Waals surface area (Å²) >= 11 is 0. The van der Waals surface area contributed by atoms with Gasteiger partial charge in [-0.05, 0) is 26.8 Å². The zero-order valence-corrected chi connectivity index (χ0v) is 11.7. The largest absolute Gasteiger partial charge is 0.376 e. The molecule has 0 saturated heterocycles.